The Morgan fingerprint density at radius 1 is 1.38 bits per heavy atom. The van der Waals surface area contributed by atoms with E-state index in [1.807, 2.05) is 7.05 Å². The predicted octanol–water partition coefficient (Wildman–Crippen LogP) is 1.10. The fraction of sp³-hybridized carbons (Fsp3) is 0.533. The average molecular weight is 296 g/mol. The predicted molar refractivity (Wildman–Crippen MR) is 72.8 cm³/mol. The largest absolute Gasteiger partial charge is 0.396 e. The normalized spacial score (nSPS) is 24.4. The van der Waals surface area contributed by atoms with E-state index in [0.29, 0.717) is 13.1 Å². The van der Waals surface area contributed by atoms with Gasteiger partial charge in [-0.1, -0.05) is 0 Å². The maximum atomic E-state index is 13.2. The van der Waals surface area contributed by atoms with Gasteiger partial charge in [0.15, 0.2) is 11.6 Å². The summed E-state index contributed by atoms with van der Waals surface area (Å²) in [6, 6.07) is 3.22. The number of rotatable bonds is 2. The van der Waals surface area contributed by atoms with Crippen LogP contribution in [0.15, 0.2) is 18.2 Å². The standard InChI is InChI=1S/C15H18F2N2O2/c1-18-6-10(7-20)5-15(18)8-19(9-15)14(21)11-2-3-12(16)13(17)4-11/h2-4,10,20H,5-9H2,1H3/t10-/m1/s1. The van der Waals surface area contributed by atoms with Crippen LogP contribution in [0.3, 0.4) is 0 Å². The molecule has 1 amide bonds. The van der Waals surface area contributed by atoms with Crippen molar-refractivity contribution in [1.82, 2.24) is 9.80 Å². The Labute approximate surface area is 122 Å². The molecule has 0 unspecified atom stereocenters. The summed E-state index contributed by atoms with van der Waals surface area (Å²) in [5.41, 5.74) is 0.102. The molecule has 4 nitrogen and oxygen atoms in total. The number of benzene rings is 1. The molecule has 1 spiro atoms. The molecule has 1 aromatic carbocycles. The van der Waals surface area contributed by atoms with Crippen molar-refractivity contribution >= 4 is 5.91 Å². The van der Waals surface area contributed by atoms with Crippen LogP contribution in [0.2, 0.25) is 0 Å². The van der Waals surface area contributed by atoms with E-state index < -0.39 is 11.6 Å². The van der Waals surface area contributed by atoms with Crippen molar-refractivity contribution in [1.29, 1.82) is 0 Å². The van der Waals surface area contributed by atoms with Crippen molar-refractivity contribution in [3.63, 3.8) is 0 Å². The molecule has 3 rings (SSSR count). The van der Waals surface area contributed by atoms with E-state index in [9.17, 15) is 18.7 Å². The highest BCUT2D eigenvalue weighted by atomic mass is 19.2. The van der Waals surface area contributed by atoms with Gasteiger partial charge in [-0.25, -0.2) is 8.78 Å². The van der Waals surface area contributed by atoms with E-state index in [4.69, 9.17) is 0 Å². The number of halogens is 2. The van der Waals surface area contributed by atoms with Crippen LogP contribution in [0.25, 0.3) is 0 Å². The summed E-state index contributed by atoms with van der Waals surface area (Å²) >= 11 is 0. The van der Waals surface area contributed by atoms with E-state index in [1.165, 1.54) is 6.07 Å². The second-order valence-corrected chi connectivity index (χ2v) is 6.15. The Hall–Kier alpha value is -1.53. The van der Waals surface area contributed by atoms with Crippen LogP contribution in [0.5, 0.6) is 0 Å². The second kappa shape index (κ2) is 5.03. The van der Waals surface area contributed by atoms with Gasteiger partial charge in [-0.15, -0.1) is 0 Å². The molecule has 2 aliphatic heterocycles. The summed E-state index contributed by atoms with van der Waals surface area (Å²) in [7, 11) is 2.00. The van der Waals surface area contributed by atoms with Gasteiger partial charge in [-0.05, 0) is 37.6 Å². The number of hydrogen-bond donors (Lipinski definition) is 1. The zero-order valence-corrected chi connectivity index (χ0v) is 11.9. The van der Waals surface area contributed by atoms with Crippen molar-refractivity contribution in [2.24, 2.45) is 5.92 Å². The summed E-state index contributed by atoms with van der Waals surface area (Å²) in [4.78, 5) is 16.1. The van der Waals surface area contributed by atoms with E-state index in [2.05, 4.69) is 4.90 Å². The number of nitrogens with zero attached hydrogens (tertiary/aromatic N) is 2. The summed E-state index contributed by atoms with van der Waals surface area (Å²) < 4.78 is 26.1. The van der Waals surface area contributed by atoms with Crippen LogP contribution in [-0.2, 0) is 0 Å². The number of amides is 1. The second-order valence-electron chi connectivity index (χ2n) is 6.15. The highest BCUT2D eigenvalue weighted by Crippen LogP contribution is 2.39. The highest BCUT2D eigenvalue weighted by Gasteiger charge is 2.52. The van der Waals surface area contributed by atoms with Crippen molar-refractivity contribution in [3.05, 3.63) is 35.4 Å². The van der Waals surface area contributed by atoms with Gasteiger partial charge < -0.3 is 10.0 Å². The molecule has 1 N–H and O–H groups in total. The van der Waals surface area contributed by atoms with Crippen LogP contribution in [0.4, 0.5) is 8.78 Å². The third-order valence-corrected chi connectivity index (χ3v) is 4.69. The SMILES string of the molecule is CN1C[C@H](CO)CC12CN(C(=O)c1ccc(F)c(F)c1)C2. The van der Waals surface area contributed by atoms with Gasteiger partial charge in [0, 0.05) is 31.8 Å². The molecule has 21 heavy (non-hydrogen) atoms. The molecule has 2 fully saturated rings. The van der Waals surface area contributed by atoms with Gasteiger partial charge in [0.05, 0.1) is 5.54 Å². The number of likely N-dealkylation sites (tertiary alicyclic amines) is 2. The first-order chi connectivity index (χ1) is 9.95. The average Bonchev–Trinajstić information content (AvgIpc) is 2.76. The van der Waals surface area contributed by atoms with Crippen LogP contribution < -0.4 is 0 Å². The lowest BCUT2D eigenvalue weighted by Crippen LogP contribution is -2.68. The minimum absolute atomic E-state index is 0.0678. The highest BCUT2D eigenvalue weighted by molar-refractivity contribution is 5.95. The smallest absolute Gasteiger partial charge is 0.254 e. The molecule has 0 saturated carbocycles. The molecule has 2 saturated heterocycles. The van der Waals surface area contributed by atoms with Gasteiger partial charge >= 0.3 is 0 Å². The number of carbonyl (C=O) groups excluding carboxylic acids is 1. The van der Waals surface area contributed by atoms with Gasteiger partial charge in [0.2, 0.25) is 0 Å². The molecule has 0 bridgehead atoms. The molecule has 2 heterocycles. The third kappa shape index (κ3) is 2.32. The Kier molecular flexibility index (Phi) is 3.45. The van der Waals surface area contributed by atoms with E-state index in [1.54, 1.807) is 4.90 Å². The van der Waals surface area contributed by atoms with Gasteiger partial charge in [0.1, 0.15) is 0 Å². The van der Waals surface area contributed by atoms with E-state index in [-0.39, 0.29) is 29.5 Å². The fourth-order valence-electron chi connectivity index (χ4n) is 3.45. The van der Waals surface area contributed by atoms with E-state index >= 15 is 0 Å². The number of aliphatic hydroxyl groups excluding tert-OH is 1. The minimum atomic E-state index is -1.01. The zero-order chi connectivity index (χ0) is 15.2. The topological polar surface area (TPSA) is 43.8 Å². The van der Waals surface area contributed by atoms with Crippen molar-refractivity contribution in [3.8, 4) is 0 Å². The summed E-state index contributed by atoms with van der Waals surface area (Å²) in [6.07, 6.45) is 0.863. The Bertz CT molecular complexity index is 573. The van der Waals surface area contributed by atoms with Crippen molar-refractivity contribution in [2.45, 2.75) is 12.0 Å². The third-order valence-electron chi connectivity index (χ3n) is 4.69. The molecule has 1 aromatic rings. The monoisotopic (exact) mass is 296 g/mol. The van der Waals surface area contributed by atoms with Crippen LogP contribution in [0.1, 0.15) is 16.8 Å². The van der Waals surface area contributed by atoms with Crippen LogP contribution in [0, 0.1) is 17.6 Å². The Morgan fingerprint density at radius 3 is 2.67 bits per heavy atom. The molecule has 0 aliphatic carbocycles. The quantitative estimate of drug-likeness (QED) is 0.889. The molecular formula is C15H18F2N2O2. The van der Waals surface area contributed by atoms with Gasteiger partial charge in [-0.2, -0.15) is 0 Å². The number of hydrogen-bond acceptors (Lipinski definition) is 3. The van der Waals surface area contributed by atoms with Gasteiger partial charge in [-0.3, -0.25) is 9.69 Å². The van der Waals surface area contributed by atoms with Crippen molar-refractivity contribution in [2.75, 3.05) is 33.3 Å². The maximum absolute atomic E-state index is 13.2. The lowest BCUT2D eigenvalue weighted by Gasteiger charge is -2.52. The molecule has 1 atom stereocenters. The summed E-state index contributed by atoms with van der Waals surface area (Å²) in [5.74, 6) is -1.99. The van der Waals surface area contributed by atoms with E-state index in [0.717, 1.165) is 25.1 Å². The fourth-order valence-corrected chi connectivity index (χ4v) is 3.45. The lowest BCUT2D eigenvalue weighted by atomic mass is 9.84. The molecule has 0 aromatic heterocycles. The molecule has 0 radical (unpaired) electrons. The number of carbonyl (C=O) groups is 1. The first-order valence-corrected chi connectivity index (χ1v) is 7.01. The van der Waals surface area contributed by atoms with Gasteiger partial charge in [0.25, 0.3) is 5.91 Å². The zero-order valence-electron chi connectivity index (χ0n) is 11.9. The minimum Gasteiger partial charge on any atom is -0.396 e. The lowest BCUT2D eigenvalue weighted by molar-refractivity contribution is -0.00777. The maximum Gasteiger partial charge on any atom is 0.254 e. The molecular weight excluding hydrogens is 278 g/mol. The molecule has 2 aliphatic rings. The first-order valence-electron chi connectivity index (χ1n) is 7.01. The number of likely N-dealkylation sites (N-methyl/N-ethyl adjacent to an activating group) is 1. The summed E-state index contributed by atoms with van der Waals surface area (Å²) in [5, 5.41) is 9.26. The van der Waals surface area contributed by atoms with Crippen molar-refractivity contribution < 1.29 is 18.7 Å². The molecule has 114 valence electrons. The van der Waals surface area contributed by atoms with Crippen LogP contribution in [-0.4, -0.2) is 59.6 Å². The molecule has 6 heteroatoms. The summed E-state index contributed by atoms with van der Waals surface area (Å²) in [6.45, 7) is 2.11. The Morgan fingerprint density at radius 2 is 2.10 bits per heavy atom. The first kappa shape index (κ1) is 14.4. The van der Waals surface area contributed by atoms with Crippen LogP contribution >= 0.6 is 0 Å². The Balaban J connectivity index is 1.68. The number of aliphatic hydroxyl groups is 1.